The van der Waals surface area contributed by atoms with E-state index in [-0.39, 0.29) is 11.7 Å². The quantitative estimate of drug-likeness (QED) is 0.673. The largest absolute Gasteiger partial charge is 0.322 e. The van der Waals surface area contributed by atoms with Crippen LogP contribution in [0.4, 0.5) is 10.1 Å². The fraction of sp³-hybridized carbons (Fsp3) is 0.188. The maximum Gasteiger partial charge on any atom is 0.249 e. The summed E-state index contributed by atoms with van der Waals surface area (Å²) in [5, 5.41) is 11.4. The standard InChI is InChI=1S/C16H14BrClFN5O/c1-10(24-8-12(17)5-21-24)16(25)22-14-6-20-23(9-14)7-11-2-3-13(19)4-15(11)18/h2-6,8-10H,7H2,1H3,(H,22,25). The first-order valence-corrected chi connectivity index (χ1v) is 8.56. The number of hydrogen-bond donors (Lipinski definition) is 1. The topological polar surface area (TPSA) is 64.7 Å². The highest BCUT2D eigenvalue weighted by molar-refractivity contribution is 9.10. The Labute approximate surface area is 156 Å². The molecular weight excluding hydrogens is 413 g/mol. The zero-order chi connectivity index (χ0) is 18.0. The fourth-order valence-electron chi connectivity index (χ4n) is 2.23. The van der Waals surface area contributed by atoms with Gasteiger partial charge in [0, 0.05) is 17.4 Å². The molecule has 2 heterocycles. The molecule has 130 valence electrons. The van der Waals surface area contributed by atoms with Gasteiger partial charge < -0.3 is 5.32 Å². The predicted molar refractivity (Wildman–Crippen MR) is 96.0 cm³/mol. The first-order valence-electron chi connectivity index (χ1n) is 7.39. The molecule has 1 N–H and O–H groups in total. The predicted octanol–water partition coefficient (Wildman–Crippen LogP) is 3.88. The van der Waals surface area contributed by atoms with Crippen molar-refractivity contribution >= 4 is 39.1 Å². The molecular formula is C16H14BrClFN5O. The number of halogens is 3. The molecule has 0 aliphatic heterocycles. The molecule has 3 aromatic rings. The van der Waals surface area contributed by atoms with Crippen molar-refractivity contribution in [2.45, 2.75) is 19.5 Å². The molecule has 1 atom stereocenters. The summed E-state index contributed by atoms with van der Waals surface area (Å²) in [5.41, 5.74) is 1.29. The van der Waals surface area contributed by atoms with Crippen molar-refractivity contribution in [3.63, 3.8) is 0 Å². The molecule has 0 radical (unpaired) electrons. The first kappa shape index (κ1) is 17.6. The average molecular weight is 427 g/mol. The van der Waals surface area contributed by atoms with Gasteiger partial charge in [0.2, 0.25) is 5.91 Å². The summed E-state index contributed by atoms with van der Waals surface area (Å²) in [7, 11) is 0. The maximum atomic E-state index is 13.1. The van der Waals surface area contributed by atoms with Crippen molar-refractivity contribution in [2.24, 2.45) is 0 Å². The number of carbonyl (C=O) groups is 1. The van der Waals surface area contributed by atoms with Crippen LogP contribution in [0.15, 0.2) is 47.5 Å². The van der Waals surface area contributed by atoms with Crippen LogP contribution in [-0.4, -0.2) is 25.5 Å². The molecule has 9 heteroatoms. The zero-order valence-electron chi connectivity index (χ0n) is 13.2. The highest BCUT2D eigenvalue weighted by atomic mass is 79.9. The van der Waals surface area contributed by atoms with E-state index >= 15 is 0 Å². The molecule has 25 heavy (non-hydrogen) atoms. The summed E-state index contributed by atoms with van der Waals surface area (Å²) in [6.07, 6.45) is 6.57. The number of hydrogen-bond acceptors (Lipinski definition) is 3. The van der Waals surface area contributed by atoms with E-state index in [0.717, 1.165) is 10.0 Å². The van der Waals surface area contributed by atoms with Gasteiger partial charge in [-0.1, -0.05) is 17.7 Å². The van der Waals surface area contributed by atoms with Gasteiger partial charge in [0.25, 0.3) is 0 Å². The third kappa shape index (κ3) is 4.26. The van der Waals surface area contributed by atoms with E-state index in [4.69, 9.17) is 11.6 Å². The summed E-state index contributed by atoms with van der Waals surface area (Å²) in [5.74, 6) is -0.601. The van der Waals surface area contributed by atoms with E-state index in [1.807, 2.05) is 0 Å². The van der Waals surface area contributed by atoms with Gasteiger partial charge >= 0.3 is 0 Å². The lowest BCUT2D eigenvalue weighted by atomic mass is 10.2. The summed E-state index contributed by atoms with van der Waals surface area (Å²) in [6, 6.07) is 3.74. The zero-order valence-corrected chi connectivity index (χ0v) is 15.5. The summed E-state index contributed by atoms with van der Waals surface area (Å²) >= 11 is 9.32. The van der Waals surface area contributed by atoms with E-state index in [9.17, 15) is 9.18 Å². The second kappa shape index (κ2) is 7.37. The van der Waals surface area contributed by atoms with Crippen molar-refractivity contribution in [3.8, 4) is 0 Å². The minimum Gasteiger partial charge on any atom is -0.322 e. The molecule has 0 saturated heterocycles. The van der Waals surface area contributed by atoms with Crippen LogP contribution in [0.25, 0.3) is 0 Å². The van der Waals surface area contributed by atoms with E-state index in [1.165, 1.54) is 12.1 Å². The van der Waals surface area contributed by atoms with Crippen LogP contribution in [0.3, 0.4) is 0 Å². The van der Waals surface area contributed by atoms with Crippen LogP contribution < -0.4 is 5.32 Å². The van der Waals surface area contributed by atoms with Crippen molar-refractivity contribution in [1.29, 1.82) is 0 Å². The Hall–Kier alpha value is -2.19. The molecule has 3 rings (SSSR count). The van der Waals surface area contributed by atoms with Crippen LogP contribution in [-0.2, 0) is 11.3 Å². The maximum absolute atomic E-state index is 13.1. The highest BCUT2D eigenvalue weighted by Gasteiger charge is 2.16. The number of nitrogens with zero attached hydrogens (tertiary/aromatic N) is 4. The number of rotatable bonds is 5. The third-order valence-electron chi connectivity index (χ3n) is 3.59. The molecule has 0 fully saturated rings. The van der Waals surface area contributed by atoms with Crippen LogP contribution >= 0.6 is 27.5 Å². The van der Waals surface area contributed by atoms with Crippen LogP contribution in [0, 0.1) is 5.82 Å². The highest BCUT2D eigenvalue weighted by Crippen LogP contribution is 2.19. The molecule has 0 aliphatic rings. The molecule has 1 aromatic carbocycles. The van der Waals surface area contributed by atoms with Gasteiger partial charge in [-0.25, -0.2) is 4.39 Å². The number of nitrogens with one attached hydrogen (secondary N) is 1. The lowest BCUT2D eigenvalue weighted by Crippen LogP contribution is -2.23. The van der Waals surface area contributed by atoms with Crippen molar-refractivity contribution in [3.05, 3.63) is 63.9 Å². The Bertz CT molecular complexity index is 910. The van der Waals surface area contributed by atoms with Gasteiger partial charge in [-0.15, -0.1) is 0 Å². The van der Waals surface area contributed by atoms with Gasteiger partial charge in [-0.3, -0.25) is 14.2 Å². The van der Waals surface area contributed by atoms with Crippen LogP contribution in [0.2, 0.25) is 5.02 Å². The van der Waals surface area contributed by atoms with E-state index < -0.39 is 6.04 Å². The second-order valence-electron chi connectivity index (χ2n) is 5.47. The summed E-state index contributed by atoms with van der Waals surface area (Å²) in [4.78, 5) is 12.3. The number of amides is 1. The van der Waals surface area contributed by atoms with Crippen molar-refractivity contribution in [2.75, 3.05) is 5.32 Å². The van der Waals surface area contributed by atoms with Crippen LogP contribution in [0.5, 0.6) is 0 Å². The van der Waals surface area contributed by atoms with Gasteiger partial charge in [-0.2, -0.15) is 10.2 Å². The van der Waals surface area contributed by atoms with E-state index in [2.05, 4.69) is 31.4 Å². The number of aromatic nitrogens is 4. The number of carbonyl (C=O) groups excluding carboxylic acids is 1. The number of benzene rings is 1. The van der Waals surface area contributed by atoms with E-state index in [0.29, 0.717) is 17.3 Å². The van der Waals surface area contributed by atoms with Crippen molar-refractivity contribution in [1.82, 2.24) is 19.6 Å². The molecule has 2 aromatic heterocycles. The molecule has 0 aliphatic carbocycles. The lowest BCUT2D eigenvalue weighted by Gasteiger charge is -2.11. The smallest absolute Gasteiger partial charge is 0.249 e. The van der Waals surface area contributed by atoms with Gasteiger partial charge in [0.05, 0.1) is 29.1 Å². The Balaban J connectivity index is 1.66. The molecule has 0 saturated carbocycles. The minimum atomic E-state index is -0.471. The van der Waals surface area contributed by atoms with Crippen molar-refractivity contribution < 1.29 is 9.18 Å². The second-order valence-corrected chi connectivity index (χ2v) is 6.79. The molecule has 1 unspecified atom stereocenters. The SMILES string of the molecule is CC(C(=O)Nc1cnn(Cc2ccc(F)cc2Cl)c1)n1cc(Br)cn1. The van der Waals surface area contributed by atoms with Gasteiger partial charge in [-0.05, 0) is 40.5 Å². The number of anilines is 1. The minimum absolute atomic E-state index is 0.213. The normalized spacial score (nSPS) is 12.2. The third-order valence-corrected chi connectivity index (χ3v) is 4.36. The molecule has 0 bridgehead atoms. The molecule has 1 amide bonds. The van der Waals surface area contributed by atoms with Crippen LogP contribution in [0.1, 0.15) is 18.5 Å². The lowest BCUT2D eigenvalue weighted by molar-refractivity contribution is -0.119. The summed E-state index contributed by atoms with van der Waals surface area (Å²) in [6.45, 7) is 2.12. The average Bonchev–Trinajstić information content (AvgIpc) is 3.18. The van der Waals surface area contributed by atoms with Gasteiger partial charge in [0.15, 0.2) is 0 Å². The monoisotopic (exact) mass is 425 g/mol. The fourth-order valence-corrected chi connectivity index (χ4v) is 2.76. The Morgan fingerprint density at radius 1 is 1.36 bits per heavy atom. The Kier molecular flexibility index (Phi) is 5.19. The Morgan fingerprint density at radius 3 is 2.84 bits per heavy atom. The summed E-state index contributed by atoms with van der Waals surface area (Å²) < 4.78 is 17.1. The molecule has 6 nitrogen and oxygen atoms in total. The molecule has 0 spiro atoms. The Morgan fingerprint density at radius 2 is 2.16 bits per heavy atom. The van der Waals surface area contributed by atoms with Gasteiger partial charge in [0.1, 0.15) is 11.9 Å². The van der Waals surface area contributed by atoms with E-state index in [1.54, 1.807) is 47.1 Å². The first-order chi connectivity index (χ1) is 11.9.